The number of hydrogen-bond donors (Lipinski definition) is 2. The van der Waals surface area contributed by atoms with Gasteiger partial charge >= 0.3 is 5.97 Å². The average Bonchev–Trinajstić information content (AvgIpc) is 1.97. The normalized spacial score (nSPS) is 12.5. The summed E-state index contributed by atoms with van der Waals surface area (Å²) in [6.07, 6.45) is 2.52. The fraction of sp³-hybridized carbons (Fsp3) is 0.800. The van der Waals surface area contributed by atoms with Gasteiger partial charge in [0.2, 0.25) is 0 Å². The van der Waals surface area contributed by atoms with Gasteiger partial charge in [-0.1, -0.05) is 22.1 Å². The van der Waals surface area contributed by atoms with Crippen molar-refractivity contribution in [3.8, 4) is 0 Å². The molecule has 2 N–H and O–H groups in total. The molecule has 6 heteroatoms. The molecule has 0 saturated heterocycles. The third kappa shape index (κ3) is 5.61. The van der Waals surface area contributed by atoms with Crippen molar-refractivity contribution in [1.29, 1.82) is 0 Å². The predicted molar refractivity (Wildman–Crippen MR) is 53.8 cm³/mol. The quantitative estimate of drug-likeness (QED) is 0.366. The van der Waals surface area contributed by atoms with E-state index in [0.717, 1.165) is 12.7 Å². The number of carboxylic acids is 1. The Hall–Kier alpha value is 0.355. The minimum absolute atomic E-state index is 0.426. The summed E-state index contributed by atoms with van der Waals surface area (Å²) in [7, 11) is 4.73. The average molecular weight is 192 g/mol. The van der Waals surface area contributed by atoms with Crippen LogP contribution in [0.1, 0.15) is 12.8 Å². The van der Waals surface area contributed by atoms with E-state index >= 15 is 0 Å². The highest BCUT2D eigenvalue weighted by Gasteiger charge is 2.12. The van der Waals surface area contributed by atoms with Crippen LogP contribution in [-0.2, 0) is 4.79 Å². The van der Waals surface area contributed by atoms with Crippen LogP contribution in [0.25, 0.3) is 0 Å². The topological polar surface area (TPSA) is 49.3 Å². The van der Waals surface area contributed by atoms with Gasteiger partial charge in [0, 0.05) is 0 Å². The zero-order valence-corrected chi connectivity index (χ0v) is 8.60. The molecule has 0 bridgehead atoms. The minimum atomic E-state index is -0.788. The molecule has 0 saturated carbocycles. The largest absolute Gasteiger partial charge is 0.480 e. The lowest BCUT2D eigenvalue weighted by atomic mass is 9.96. The minimum Gasteiger partial charge on any atom is -0.480 e. The molecular weight excluding hydrogens is 179 g/mol. The van der Waals surface area contributed by atoms with Gasteiger partial charge in [0.1, 0.15) is 13.0 Å². The first-order valence-electron chi connectivity index (χ1n) is 3.44. The van der Waals surface area contributed by atoms with Crippen LogP contribution < -0.4 is 5.09 Å². The molecular formula is C5H13BNO2P2. The zero-order chi connectivity index (χ0) is 8.69. The van der Waals surface area contributed by atoms with Crippen molar-refractivity contribution in [3.63, 3.8) is 0 Å². The van der Waals surface area contributed by atoms with Gasteiger partial charge in [0.05, 0.1) is 0 Å². The van der Waals surface area contributed by atoms with Crippen LogP contribution in [-0.4, -0.2) is 24.1 Å². The van der Waals surface area contributed by atoms with E-state index < -0.39 is 12.0 Å². The van der Waals surface area contributed by atoms with Crippen LogP contribution in [0.3, 0.4) is 0 Å². The Bertz CT molecular complexity index is 125. The van der Waals surface area contributed by atoms with Gasteiger partial charge in [-0.3, -0.25) is 9.88 Å². The Kier molecular flexibility index (Phi) is 7.26. The number of hydrogen-bond acceptors (Lipinski definition) is 2. The molecule has 0 aliphatic carbocycles. The summed E-state index contributed by atoms with van der Waals surface area (Å²) in [4.78, 5) is 10.4. The smallest absolute Gasteiger partial charge is 0.320 e. The van der Waals surface area contributed by atoms with Crippen molar-refractivity contribution >= 4 is 31.5 Å². The van der Waals surface area contributed by atoms with E-state index in [0.29, 0.717) is 6.42 Å². The van der Waals surface area contributed by atoms with E-state index in [1.807, 2.05) is 7.00 Å². The van der Waals surface area contributed by atoms with Crippen molar-refractivity contribution in [2.45, 2.75) is 25.2 Å². The number of carboxylic acid groups (broad SMARTS) is 1. The molecule has 11 heavy (non-hydrogen) atoms. The molecule has 0 amide bonds. The molecule has 0 aliphatic rings. The Morgan fingerprint density at radius 3 is 2.73 bits per heavy atom. The molecule has 0 aliphatic heterocycles. The van der Waals surface area contributed by atoms with E-state index in [-0.39, 0.29) is 0 Å². The number of aliphatic carboxylic acids is 1. The summed E-state index contributed by atoms with van der Waals surface area (Å²) in [5.41, 5.74) is 0. The van der Waals surface area contributed by atoms with Gasteiger partial charge in [0.15, 0.2) is 0 Å². The molecule has 0 aromatic carbocycles. The van der Waals surface area contributed by atoms with Crippen LogP contribution in [0.15, 0.2) is 0 Å². The van der Waals surface area contributed by atoms with E-state index in [2.05, 4.69) is 23.6 Å². The lowest BCUT2D eigenvalue weighted by molar-refractivity contribution is -0.139. The van der Waals surface area contributed by atoms with E-state index in [1.165, 1.54) is 0 Å². The fourth-order valence-corrected chi connectivity index (χ4v) is 1.26. The summed E-state index contributed by atoms with van der Waals surface area (Å²) in [5, 5.41) is 11.2. The first-order valence-corrected chi connectivity index (χ1v) is 4.69. The zero-order valence-electron chi connectivity index (χ0n) is 6.29. The highest BCUT2D eigenvalue weighted by Crippen LogP contribution is 2.03. The van der Waals surface area contributed by atoms with Crippen LogP contribution >= 0.6 is 18.5 Å². The van der Waals surface area contributed by atoms with E-state index in [9.17, 15) is 4.79 Å². The van der Waals surface area contributed by atoms with Gasteiger partial charge in [-0.25, -0.2) is 0 Å². The molecule has 0 spiro atoms. The second-order valence-electron chi connectivity index (χ2n) is 2.22. The van der Waals surface area contributed by atoms with Gasteiger partial charge in [-0.05, 0) is 6.42 Å². The summed E-state index contributed by atoms with van der Waals surface area (Å²) < 4.78 is 0. The highest BCUT2D eigenvalue weighted by atomic mass is 31.0. The van der Waals surface area contributed by atoms with Crippen molar-refractivity contribution in [2.75, 3.05) is 0 Å². The van der Waals surface area contributed by atoms with Crippen LogP contribution in [0.5, 0.6) is 0 Å². The second-order valence-corrected chi connectivity index (χ2v) is 3.03. The molecule has 1 radical (unpaired) electrons. The Morgan fingerprint density at radius 1 is 1.73 bits per heavy atom. The first kappa shape index (κ1) is 11.4. The Morgan fingerprint density at radius 2 is 2.36 bits per heavy atom. The maximum atomic E-state index is 10.4. The van der Waals surface area contributed by atoms with Crippen LogP contribution in [0.2, 0.25) is 6.32 Å². The lowest BCUT2D eigenvalue weighted by Crippen LogP contribution is -2.29. The molecule has 63 valence electrons. The summed E-state index contributed by atoms with van der Waals surface area (Å²) in [5.74, 6) is -0.788. The summed E-state index contributed by atoms with van der Waals surface area (Å²) >= 11 is 0. The maximum absolute atomic E-state index is 10.4. The van der Waals surface area contributed by atoms with E-state index in [1.54, 1.807) is 0 Å². The summed E-state index contributed by atoms with van der Waals surface area (Å²) in [6, 6.07) is -0.426. The number of nitrogens with one attached hydrogen (secondary N) is 1. The van der Waals surface area contributed by atoms with Crippen molar-refractivity contribution in [1.82, 2.24) is 5.09 Å². The standard InChI is InChI=1S/C5H13BNO2P2/c8-5(9)4(7-11)2-1-3-6-10/h4,7H,1-3,10-11H2,(H,8,9). The van der Waals surface area contributed by atoms with Gasteiger partial charge < -0.3 is 5.11 Å². The lowest BCUT2D eigenvalue weighted by Gasteiger charge is -2.09. The molecule has 3 nitrogen and oxygen atoms in total. The summed E-state index contributed by atoms with van der Waals surface area (Å²) in [6.45, 7) is 1.96. The Labute approximate surface area is 72.4 Å². The van der Waals surface area contributed by atoms with Crippen molar-refractivity contribution < 1.29 is 9.90 Å². The van der Waals surface area contributed by atoms with Crippen LogP contribution in [0.4, 0.5) is 0 Å². The maximum Gasteiger partial charge on any atom is 0.320 e. The third-order valence-corrected chi connectivity index (χ3v) is 2.10. The monoisotopic (exact) mass is 192 g/mol. The third-order valence-electron chi connectivity index (χ3n) is 1.36. The SMILES string of the molecule is O=C(O)C(CCC[B]P)NP. The molecule has 0 fully saturated rings. The fourth-order valence-electron chi connectivity index (χ4n) is 0.718. The molecule has 0 aromatic heterocycles. The Balaban J connectivity index is 3.44. The molecule has 0 heterocycles. The van der Waals surface area contributed by atoms with Crippen LogP contribution in [0, 0.1) is 0 Å². The second kappa shape index (κ2) is 7.03. The molecule has 3 atom stereocenters. The molecule has 0 rings (SSSR count). The van der Waals surface area contributed by atoms with Gasteiger partial charge in [0.25, 0.3) is 0 Å². The highest BCUT2D eigenvalue weighted by molar-refractivity contribution is 7.55. The van der Waals surface area contributed by atoms with Crippen molar-refractivity contribution in [3.05, 3.63) is 0 Å². The predicted octanol–water partition coefficient (Wildman–Crippen LogP) is 0.512. The van der Waals surface area contributed by atoms with Gasteiger partial charge in [-0.2, -0.15) is 9.12 Å². The number of rotatable bonds is 6. The molecule has 3 unspecified atom stereocenters. The first-order chi connectivity index (χ1) is 5.22. The van der Waals surface area contributed by atoms with Gasteiger partial charge in [-0.15, -0.1) is 0 Å². The number of carbonyl (C=O) groups is 1. The van der Waals surface area contributed by atoms with Crippen molar-refractivity contribution in [2.24, 2.45) is 0 Å². The van der Waals surface area contributed by atoms with E-state index in [4.69, 9.17) is 5.11 Å². The molecule has 0 aromatic rings.